The third kappa shape index (κ3) is 6.96. The van der Waals surface area contributed by atoms with Crippen LogP contribution in [0.25, 0.3) is 11.1 Å². The van der Waals surface area contributed by atoms with Crippen LogP contribution in [0.4, 0.5) is 10.5 Å². The highest BCUT2D eigenvalue weighted by Gasteiger charge is 2.30. The Morgan fingerprint density at radius 2 is 1.56 bits per heavy atom. The molecule has 0 radical (unpaired) electrons. The standard InChI is InChI=1S/C30H31IN2O6/c1-30(2,3)39-17-26(27(34)32-25-14-13-18(15-24(25)31)28(35)37-4)33-29(36)38-16-23-21-11-7-5-9-19(21)20-10-6-8-12-22(20)23/h5-15,23,26H,16-17H2,1-4H3,(H,32,34)(H,33,36)/t26-/m1/s1. The summed E-state index contributed by atoms with van der Waals surface area (Å²) in [5.41, 5.74) is 4.78. The molecule has 1 aliphatic carbocycles. The first-order chi connectivity index (χ1) is 18.6. The Morgan fingerprint density at radius 1 is 0.949 bits per heavy atom. The average molecular weight is 642 g/mol. The number of halogens is 1. The highest BCUT2D eigenvalue weighted by Crippen LogP contribution is 2.44. The van der Waals surface area contributed by atoms with E-state index in [-0.39, 0.29) is 19.1 Å². The second kappa shape index (κ2) is 12.2. The maximum absolute atomic E-state index is 13.2. The number of hydrogen-bond acceptors (Lipinski definition) is 6. The third-order valence-electron chi connectivity index (χ3n) is 6.28. The number of carbonyl (C=O) groups excluding carboxylic acids is 3. The number of alkyl carbamates (subject to hydrolysis) is 1. The maximum atomic E-state index is 13.2. The first kappa shape index (κ1) is 28.6. The van der Waals surface area contributed by atoms with Gasteiger partial charge in [0.25, 0.3) is 0 Å². The molecule has 4 rings (SSSR count). The number of anilines is 1. The van der Waals surface area contributed by atoms with Crippen molar-refractivity contribution in [1.82, 2.24) is 5.32 Å². The van der Waals surface area contributed by atoms with Crippen LogP contribution in [0.3, 0.4) is 0 Å². The lowest BCUT2D eigenvalue weighted by molar-refractivity contribution is -0.121. The molecule has 0 heterocycles. The summed E-state index contributed by atoms with van der Waals surface area (Å²) in [4.78, 5) is 37.9. The summed E-state index contributed by atoms with van der Waals surface area (Å²) >= 11 is 2.02. The van der Waals surface area contributed by atoms with E-state index in [9.17, 15) is 14.4 Å². The van der Waals surface area contributed by atoms with Crippen molar-refractivity contribution in [2.24, 2.45) is 0 Å². The molecule has 0 unspecified atom stereocenters. The molecule has 0 bridgehead atoms. The van der Waals surface area contributed by atoms with Gasteiger partial charge in [0, 0.05) is 9.49 Å². The number of methoxy groups -OCH3 is 1. The summed E-state index contributed by atoms with van der Waals surface area (Å²) in [6, 6.07) is 19.9. The Kier molecular flexibility index (Phi) is 8.91. The van der Waals surface area contributed by atoms with E-state index in [2.05, 4.69) is 22.8 Å². The molecular formula is C30H31IN2O6. The van der Waals surface area contributed by atoms with E-state index in [1.165, 1.54) is 7.11 Å². The molecule has 3 aromatic rings. The minimum atomic E-state index is -1.02. The van der Waals surface area contributed by atoms with Crippen LogP contribution in [0, 0.1) is 3.57 Å². The van der Waals surface area contributed by atoms with Crippen molar-refractivity contribution in [3.63, 3.8) is 0 Å². The van der Waals surface area contributed by atoms with Gasteiger partial charge in [-0.1, -0.05) is 48.5 Å². The normalized spacial score (nSPS) is 13.2. The van der Waals surface area contributed by atoms with Crippen molar-refractivity contribution in [2.75, 3.05) is 25.6 Å². The molecule has 0 spiro atoms. The van der Waals surface area contributed by atoms with E-state index in [1.807, 2.05) is 79.8 Å². The zero-order chi connectivity index (χ0) is 28.2. The van der Waals surface area contributed by atoms with Gasteiger partial charge in [0.1, 0.15) is 12.6 Å². The second-order valence-corrected chi connectivity index (χ2v) is 11.3. The van der Waals surface area contributed by atoms with Crippen LogP contribution in [-0.4, -0.2) is 49.9 Å². The molecule has 0 saturated carbocycles. The second-order valence-electron chi connectivity index (χ2n) is 10.1. The first-order valence-electron chi connectivity index (χ1n) is 12.5. The fraction of sp³-hybridized carbons (Fsp3) is 0.300. The Hall–Kier alpha value is -3.44. The molecule has 2 amide bonds. The van der Waals surface area contributed by atoms with Crippen molar-refractivity contribution >= 4 is 46.2 Å². The van der Waals surface area contributed by atoms with E-state index in [0.717, 1.165) is 22.3 Å². The monoisotopic (exact) mass is 642 g/mol. The summed E-state index contributed by atoms with van der Waals surface area (Å²) in [5, 5.41) is 5.48. The number of nitrogens with one attached hydrogen (secondary N) is 2. The molecule has 1 aliphatic rings. The number of fused-ring (bicyclic) bond motifs is 3. The molecule has 2 N–H and O–H groups in total. The summed E-state index contributed by atoms with van der Waals surface area (Å²) in [7, 11) is 1.31. The quantitative estimate of drug-likeness (QED) is 0.240. The van der Waals surface area contributed by atoms with E-state index < -0.39 is 29.6 Å². The van der Waals surface area contributed by atoms with Gasteiger partial charge >= 0.3 is 12.1 Å². The predicted molar refractivity (Wildman–Crippen MR) is 157 cm³/mol. The Morgan fingerprint density at radius 3 is 2.13 bits per heavy atom. The Labute approximate surface area is 241 Å². The van der Waals surface area contributed by atoms with Gasteiger partial charge in [0.05, 0.1) is 30.6 Å². The van der Waals surface area contributed by atoms with Crippen LogP contribution in [0.2, 0.25) is 0 Å². The number of esters is 1. The number of benzene rings is 3. The van der Waals surface area contributed by atoms with Crippen LogP contribution >= 0.6 is 22.6 Å². The molecular weight excluding hydrogens is 611 g/mol. The van der Waals surface area contributed by atoms with Crippen LogP contribution < -0.4 is 10.6 Å². The summed E-state index contributed by atoms with van der Waals surface area (Å²) in [6.07, 6.45) is -0.717. The molecule has 3 aromatic carbocycles. The molecule has 8 nitrogen and oxygen atoms in total. The van der Waals surface area contributed by atoms with Crippen LogP contribution in [0.1, 0.15) is 48.2 Å². The zero-order valence-corrected chi connectivity index (χ0v) is 24.4. The van der Waals surface area contributed by atoms with Gasteiger partial charge in [-0.2, -0.15) is 0 Å². The maximum Gasteiger partial charge on any atom is 0.407 e. The number of amides is 2. The van der Waals surface area contributed by atoms with Gasteiger partial charge in [0.15, 0.2) is 0 Å². The number of ether oxygens (including phenoxy) is 3. The minimum absolute atomic E-state index is 0.0592. The topological polar surface area (TPSA) is 103 Å². The lowest BCUT2D eigenvalue weighted by Gasteiger charge is -2.25. The molecule has 0 saturated heterocycles. The number of hydrogen-bond donors (Lipinski definition) is 2. The van der Waals surface area contributed by atoms with E-state index >= 15 is 0 Å². The molecule has 1 atom stereocenters. The molecule has 39 heavy (non-hydrogen) atoms. The molecule has 0 aromatic heterocycles. The van der Waals surface area contributed by atoms with E-state index in [4.69, 9.17) is 14.2 Å². The third-order valence-corrected chi connectivity index (χ3v) is 7.18. The van der Waals surface area contributed by atoms with Gasteiger partial charge in [-0.15, -0.1) is 0 Å². The van der Waals surface area contributed by atoms with Gasteiger partial charge in [-0.05, 0) is 83.8 Å². The molecule has 0 fully saturated rings. The Bertz CT molecular complexity index is 1340. The van der Waals surface area contributed by atoms with Gasteiger partial charge in [-0.3, -0.25) is 4.79 Å². The smallest absolute Gasteiger partial charge is 0.407 e. The molecule has 204 valence electrons. The van der Waals surface area contributed by atoms with Gasteiger partial charge < -0.3 is 24.8 Å². The minimum Gasteiger partial charge on any atom is -0.465 e. The van der Waals surface area contributed by atoms with Crippen LogP contribution in [0.5, 0.6) is 0 Å². The summed E-state index contributed by atoms with van der Waals surface area (Å²) in [6.45, 7) is 5.66. The molecule has 9 heteroatoms. The van der Waals surface area contributed by atoms with Crippen molar-refractivity contribution in [3.8, 4) is 11.1 Å². The van der Waals surface area contributed by atoms with Gasteiger partial charge in [0.2, 0.25) is 5.91 Å². The lowest BCUT2D eigenvalue weighted by Crippen LogP contribution is -2.48. The lowest BCUT2D eigenvalue weighted by atomic mass is 9.98. The summed E-state index contributed by atoms with van der Waals surface area (Å²) in [5.74, 6) is -1.05. The largest absolute Gasteiger partial charge is 0.465 e. The SMILES string of the molecule is COC(=O)c1ccc(NC(=O)[C@@H](COC(C)(C)C)NC(=O)OCC2c3ccccc3-c3ccccc32)c(I)c1. The average Bonchev–Trinajstić information content (AvgIpc) is 3.23. The molecule has 0 aliphatic heterocycles. The van der Waals surface area contributed by atoms with E-state index in [1.54, 1.807) is 18.2 Å². The van der Waals surface area contributed by atoms with Crippen molar-refractivity contribution in [2.45, 2.75) is 38.3 Å². The highest BCUT2D eigenvalue weighted by atomic mass is 127. The zero-order valence-electron chi connectivity index (χ0n) is 22.2. The fourth-order valence-electron chi connectivity index (χ4n) is 4.38. The predicted octanol–water partition coefficient (Wildman–Crippen LogP) is 5.74. The van der Waals surface area contributed by atoms with Crippen molar-refractivity contribution in [1.29, 1.82) is 0 Å². The van der Waals surface area contributed by atoms with Crippen LogP contribution in [-0.2, 0) is 19.0 Å². The van der Waals surface area contributed by atoms with Gasteiger partial charge in [-0.25, -0.2) is 9.59 Å². The van der Waals surface area contributed by atoms with Crippen molar-refractivity contribution < 1.29 is 28.6 Å². The Balaban J connectivity index is 1.45. The number of rotatable bonds is 8. The van der Waals surface area contributed by atoms with Crippen LogP contribution in [0.15, 0.2) is 66.7 Å². The summed E-state index contributed by atoms with van der Waals surface area (Å²) < 4.78 is 16.9. The first-order valence-corrected chi connectivity index (χ1v) is 13.6. The van der Waals surface area contributed by atoms with Crippen molar-refractivity contribution in [3.05, 3.63) is 87.0 Å². The fourth-order valence-corrected chi connectivity index (χ4v) is 5.03. The highest BCUT2D eigenvalue weighted by molar-refractivity contribution is 14.1. The van der Waals surface area contributed by atoms with E-state index in [0.29, 0.717) is 14.8 Å². The number of carbonyl (C=O) groups is 3.